The lowest BCUT2D eigenvalue weighted by molar-refractivity contribution is -0.0547. The number of phosphoric acid groups is 2. The second-order valence-corrected chi connectivity index (χ2v) is 9.46. The average Bonchev–Trinajstić information content (AvgIpc) is 2.97. The zero-order chi connectivity index (χ0) is 23.7. The van der Waals surface area contributed by atoms with Crippen LogP contribution in [-0.4, -0.2) is 63.9 Å². The fourth-order valence-electron chi connectivity index (χ4n) is 2.95. The highest BCUT2D eigenvalue weighted by atomic mass is 31.3. The first kappa shape index (κ1) is 24.6. The van der Waals surface area contributed by atoms with E-state index in [1.807, 2.05) is 0 Å². The smallest absolute Gasteiger partial charge is 0.387 e. The summed E-state index contributed by atoms with van der Waals surface area (Å²) >= 11 is 0. The largest absolute Gasteiger partial charge is 0.481 e. The maximum absolute atomic E-state index is 12.8. The quantitative estimate of drug-likeness (QED) is 0.258. The van der Waals surface area contributed by atoms with Gasteiger partial charge in [0.1, 0.15) is 18.3 Å². The maximum Gasteiger partial charge on any atom is 0.481 e. The van der Waals surface area contributed by atoms with Crippen molar-refractivity contribution in [1.29, 1.82) is 0 Å². The highest BCUT2D eigenvalue weighted by molar-refractivity contribution is 7.60. The molecule has 15 nitrogen and oxygen atoms in total. The van der Waals surface area contributed by atoms with Gasteiger partial charge in [0.2, 0.25) is 0 Å². The fourth-order valence-corrected chi connectivity index (χ4v) is 4.55. The van der Waals surface area contributed by atoms with Crippen LogP contribution in [0.15, 0.2) is 46.2 Å². The number of hydrogen-bond acceptors (Lipinski definition) is 10. The summed E-state index contributed by atoms with van der Waals surface area (Å²) in [6, 6.07) is 5.94. The fraction of sp³-hybridized carbons (Fsp3) is 0.400. The highest BCUT2D eigenvalue weighted by Crippen LogP contribution is 2.57. The minimum atomic E-state index is -5.36. The molecule has 1 saturated heterocycles. The van der Waals surface area contributed by atoms with Crippen molar-refractivity contribution in [3.63, 3.8) is 0 Å². The summed E-state index contributed by atoms with van der Waals surface area (Å²) < 4.78 is 37.3. The molecule has 5 N–H and O–H groups in total. The number of aromatic nitrogens is 3. The summed E-state index contributed by atoms with van der Waals surface area (Å²) in [7, 11) is -10.6. The van der Waals surface area contributed by atoms with Crippen LogP contribution in [0, 0.1) is 0 Å². The van der Waals surface area contributed by atoms with Gasteiger partial charge in [0, 0.05) is 18.5 Å². The third-order valence-electron chi connectivity index (χ3n) is 4.36. The molecule has 32 heavy (non-hydrogen) atoms. The van der Waals surface area contributed by atoms with Crippen LogP contribution in [0.3, 0.4) is 0 Å². The Balaban J connectivity index is 1.79. The van der Waals surface area contributed by atoms with E-state index in [-0.39, 0.29) is 6.54 Å². The normalized spacial score (nSPS) is 25.5. The molecule has 0 aromatic carbocycles. The van der Waals surface area contributed by atoms with E-state index in [0.717, 1.165) is 21.4 Å². The second kappa shape index (κ2) is 9.45. The molecular formula is C15H19N3O12P2. The first-order valence-electron chi connectivity index (χ1n) is 8.86. The minimum absolute atomic E-state index is 0.176. The predicted octanol–water partition coefficient (Wildman–Crippen LogP) is -1.70. The number of aliphatic hydroxyl groups is 2. The monoisotopic (exact) mass is 495 g/mol. The van der Waals surface area contributed by atoms with Gasteiger partial charge < -0.3 is 29.6 Å². The summed E-state index contributed by atoms with van der Waals surface area (Å²) in [4.78, 5) is 55.5. The van der Waals surface area contributed by atoms with Crippen molar-refractivity contribution in [3.05, 3.63) is 63.2 Å². The SMILES string of the molecule is O=c1ccn([C@@H]2O[C@H](COP(=O)(O)OP(=O)(O)O)C(O)C2O)c(=O)n1Cc1ccccn1. The lowest BCUT2D eigenvalue weighted by Crippen LogP contribution is -2.43. The van der Waals surface area contributed by atoms with Crippen molar-refractivity contribution in [2.75, 3.05) is 6.61 Å². The molecule has 2 aromatic rings. The van der Waals surface area contributed by atoms with E-state index in [1.165, 1.54) is 6.20 Å². The van der Waals surface area contributed by atoms with E-state index in [0.29, 0.717) is 5.69 Å². The van der Waals surface area contributed by atoms with Gasteiger partial charge in [0.05, 0.1) is 18.8 Å². The summed E-state index contributed by atoms with van der Waals surface area (Å²) in [6.07, 6.45) is -3.93. The molecule has 2 aromatic heterocycles. The maximum atomic E-state index is 12.8. The van der Waals surface area contributed by atoms with Gasteiger partial charge in [-0.3, -0.25) is 23.4 Å². The van der Waals surface area contributed by atoms with Gasteiger partial charge in [-0.1, -0.05) is 6.07 Å². The average molecular weight is 495 g/mol. The zero-order valence-corrected chi connectivity index (χ0v) is 17.8. The Labute approximate surface area is 178 Å². The molecule has 1 fully saturated rings. The molecule has 0 bridgehead atoms. The van der Waals surface area contributed by atoms with Crippen LogP contribution in [-0.2, 0) is 29.2 Å². The third-order valence-corrected chi connectivity index (χ3v) is 6.52. The molecule has 5 atom stereocenters. The number of ether oxygens (including phenoxy) is 1. The van der Waals surface area contributed by atoms with Crippen LogP contribution >= 0.6 is 15.6 Å². The number of rotatable bonds is 8. The van der Waals surface area contributed by atoms with Crippen molar-refractivity contribution in [2.24, 2.45) is 0 Å². The topological polar surface area (TPSA) is 220 Å². The molecule has 0 spiro atoms. The number of nitrogens with zero attached hydrogens (tertiary/aromatic N) is 3. The van der Waals surface area contributed by atoms with E-state index in [4.69, 9.17) is 14.5 Å². The number of pyridine rings is 1. The molecular weight excluding hydrogens is 476 g/mol. The van der Waals surface area contributed by atoms with Crippen LogP contribution in [0.4, 0.5) is 0 Å². The zero-order valence-electron chi connectivity index (χ0n) is 16.0. The van der Waals surface area contributed by atoms with E-state index in [1.54, 1.807) is 18.2 Å². The van der Waals surface area contributed by atoms with Crippen LogP contribution in [0.2, 0.25) is 0 Å². The number of aliphatic hydroxyl groups excluding tert-OH is 2. The van der Waals surface area contributed by atoms with E-state index >= 15 is 0 Å². The highest BCUT2D eigenvalue weighted by Gasteiger charge is 2.46. The Morgan fingerprint density at radius 3 is 2.44 bits per heavy atom. The Morgan fingerprint density at radius 2 is 1.81 bits per heavy atom. The summed E-state index contributed by atoms with van der Waals surface area (Å²) in [6.45, 7) is -1.10. The molecule has 0 radical (unpaired) electrons. The van der Waals surface area contributed by atoms with E-state index in [9.17, 15) is 33.8 Å². The second-order valence-electron chi connectivity index (χ2n) is 6.63. The Morgan fingerprint density at radius 1 is 1.09 bits per heavy atom. The Bertz CT molecular complexity index is 1160. The van der Waals surface area contributed by atoms with Gasteiger partial charge >= 0.3 is 21.3 Å². The molecule has 3 rings (SSSR count). The summed E-state index contributed by atoms with van der Waals surface area (Å²) in [5.41, 5.74) is -1.13. The van der Waals surface area contributed by atoms with Crippen molar-refractivity contribution >= 4 is 15.6 Å². The van der Waals surface area contributed by atoms with Crippen molar-refractivity contribution in [2.45, 2.75) is 31.1 Å². The Kier molecular flexibility index (Phi) is 7.27. The molecule has 1 aliphatic rings. The molecule has 1 aliphatic heterocycles. The van der Waals surface area contributed by atoms with Crippen LogP contribution in [0.25, 0.3) is 0 Å². The first-order valence-corrected chi connectivity index (χ1v) is 11.9. The summed E-state index contributed by atoms with van der Waals surface area (Å²) in [5, 5.41) is 20.4. The Hall–Kier alpha value is -2.03. The minimum Gasteiger partial charge on any atom is -0.387 e. The standard InChI is InChI=1S/C15H19N3O12P2/c19-11-4-6-17(15(22)18(11)7-9-3-1-2-5-16-9)14-13(21)12(20)10(29-14)8-28-32(26,27)30-31(23,24)25/h1-6,10,12-14,20-21H,7-8H2,(H,26,27)(H2,23,24,25)/t10-,12?,13?,14-/m1/s1. The molecule has 17 heteroatoms. The predicted molar refractivity (Wildman–Crippen MR) is 103 cm³/mol. The first-order chi connectivity index (χ1) is 14.9. The van der Waals surface area contributed by atoms with Gasteiger partial charge in [-0.15, -0.1) is 0 Å². The molecule has 3 heterocycles. The van der Waals surface area contributed by atoms with Gasteiger partial charge in [0.15, 0.2) is 6.23 Å². The number of phosphoric ester groups is 1. The number of hydrogen-bond donors (Lipinski definition) is 5. The van der Waals surface area contributed by atoms with E-state index < -0.39 is 58.0 Å². The van der Waals surface area contributed by atoms with Crippen LogP contribution in [0.1, 0.15) is 11.9 Å². The van der Waals surface area contributed by atoms with Gasteiger partial charge in [-0.2, -0.15) is 4.31 Å². The molecule has 3 unspecified atom stereocenters. The lowest BCUT2D eigenvalue weighted by Gasteiger charge is -2.19. The van der Waals surface area contributed by atoms with Crippen molar-refractivity contribution < 1.29 is 47.6 Å². The molecule has 0 saturated carbocycles. The van der Waals surface area contributed by atoms with E-state index in [2.05, 4.69) is 13.8 Å². The van der Waals surface area contributed by atoms with Gasteiger partial charge in [0.25, 0.3) is 5.56 Å². The van der Waals surface area contributed by atoms with Gasteiger partial charge in [-0.25, -0.2) is 13.9 Å². The summed E-state index contributed by atoms with van der Waals surface area (Å²) in [5.74, 6) is 0. The lowest BCUT2D eigenvalue weighted by atomic mass is 10.1. The van der Waals surface area contributed by atoms with Gasteiger partial charge in [-0.05, 0) is 12.1 Å². The van der Waals surface area contributed by atoms with Crippen molar-refractivity contribution in [1.82, 2.24) is 14.1 Å². The molecule has 0 aliphatic carbocycles. The third kappa shape index (κ3) is 5.85. The van der Waals surface area contributed by atoms with Crippen LogP contribution < -0.4 is 11.2 Å². The molecule has 0 amide bonds. The molecule has 176 valence electrons. The van der Waals surface area contributed by atoms with Crippen LogP contribution in [0.5, 0.6) is 0 Å². The van der Waals surface area contributed by atoms with Crippen molar-refractivity contribution in [3.8, 4) is 0 Å².